The summed E-state index contributed by atoms with van der Waals surface area (Å²) in [5, 5.41) is 8.95. The summed E-state index contributed by atoms with van der Waals surface area (Å²) in [4.78, 5) is 4.91. The lowest BCUT2D eigenvalue weighted by atomic mass is 10.0. The zero-order chi connectivity index (χ0) is 18.0. The Labute approximate surface area is 157 Å². The smallest absolute Gasteiger partial charge is 0.108 e. The van der Waals surface area contributed by atoms with E-state index in [1.807, 2.05) is 12.1 Å². The van der Waals surface area contributed by atoms with Crippen LogP contribution in [0.5, 0.6) is 0 Å². The Morgan fingerprint density at radius 1 is 0.769 bits per heavy atom. The Balaban J connectivity index is 1.50. The third-order valence-corrected chi connectivity index (χ3v) is 4.99. The molecule has 1 heterocycles. The zero-order valence-electron chi connectivity index (χ0n) is 15.5. The third-order valence-electron chi connectivity index (χ3n) is 4.99. The van der Waals surface area contributed by atoms with Crippen molar-refractivity contribution in [2.24, 2.45) is 0 Å². The second-order valence-electron chi connectivity index (χ2n) is 6.83. The molecule has 0 unspecified atom stereocenters. The molecule has 1 N–H and O–H groups in total. The van der Waals surface area contributed by atoms with Crippen molar-refractivity contribution in [2.45, 2.75) is 12.5 Å². The molecule has 26 heavy (non-hydrogen) atoms. The Morgan fingerprint density at radius 3 is 1.77 bits per heavy atom. The van der Waals surface area contributed by atoms with E-state index in [1.54, 1.807) is 0 Å². The van der Waals surface area contributed by atoms with E-state index < -0.39 is 0 Å². The van der Waals surface area contributed by atoms with Crippen LogP contribution in [0.2, 0.25) is 0 Å². The van der Waals surface area contributed by atoms with Crippen molar-refractivity contribution in [3.63, 3.8) is 0 Å². The van der Waals surface area contributed by atoms with Gasteiger partial charge in [-0.25, -0.2) is 0 Å². The molecule has 0 saturated carbocycles. The van der Waals surface area contributed by atoms with Crippen LogP contribution in [0.1, 0.15) is 23.7 Å². The average molecular weight is 354 g/mol. The highest BCUT2D eigenvalue weighted by Crippen LogP contribution is 2.25. The van der Waals surface area contributed by atoms with Gasteiger partial charge in [0.15, 0.2) is 0 Å². The maximum absolute atomic E-state index is 8.95. The molecule has 0 aromatic heterocycles. The number of aliphatic hydroxyl groups excluding tert-OH is 1. The molecule has 140 valence electrons. The molecule has 2 aromatic rings. The van der Waals surface area contributed by atoms with Gasteiger partial charge in [0, 0.05) is 45.9 Å². The summed E-state index contributed by atoms with van der Waals surface area (Å²) in [6, 6.07) is 20.9. The van der Waals surface area contributed by atoms with Gasteiger partial charge in [0.2, 0.25) is 0 Å². The first-order valence-corrected chi connectivity index (χ1v) is 9.64. The molecule has 1 aliphatic rings. The van der Waals surface area contributed by atoms with Crippen LogP contribution >= 0.6 is 0 Å². The number of hydrogen-bond donors (Lipinski definition) is 1. The van der Waals surface area contributed by atoms with Crippen LogP contribution in [0.3, 0.4) is 0 Å². The Morgan fingerprint density at radius 2 is 1.27 bits per heavy atom. The van der Waals surface area contributed by atoms with Gasteiger partial charge in [0.1, 0.15) is 6.10 Å². The highest BCUT2D eigenvalue weighted by molar-refractivity contribution is 5.29. The number of ether oxygens (including phenoxy) is 1. The molecule has 3 rings (SSSR count). The van der Waals surface area contributed by atoms with Crippen molar-refractivity contribution in [3.8, 4) is 0 Å². The minimum Gasteiger partial charge on any atom is -0.396 e. The van der Waals surface area contributed by atoms with Gasteiger partial charge >= 0.3 is 0 Å². The summed E-state index contributed by atoms with van der Waals surface area (Å²) in [7, 11) is 0. The lowest BCUT2D eigenvalue weighted by Gasteiger charge is -2.34. The fraction of sp³-hybridized carbons (Fsp3) is 0.455. The normalized spacial score (nSPS) is 16.2. The highest BCUT2D eigenvalue weighted by atomic mass is 16.5. The van der Waals surface area contributed by atoms with Crippen molar-refractivity contribution < 1.29 is 9.84 Å². The van der Waals surface area contributed by atoms with Crippen LogP contribution < -0.4 is 0 Å². The summed E-state index contributed by atoms with van der Waals surface area (Å²) < 4.78 is 6.32. The molecule has 0 bridgehead atoms. The van der Waals surface area contributed by atoms with Crippen LogP contribution in [-0.2, 0) is 4.74 Å². The topological polar surface area (TPSA) is 35.9 Å². The van der Waals surface area contributed by atoms with Gasteiger partial charge in [-0.1, -0.05) is 60.7 Å². The van der Waals surface area contributed by atoms with Crippen LogP contribution in [0.25, 0.3) is 0 Å². The second kappa shape index (κ2) is 10.4. The van der Waals surface area contributed by atoms with E-state index in [9.17, 15) is 0 Å². The maximum Gasteiger partial charge on any atom is 0.108 e. The second-order valence-corrected chi connectivity index (χ2v) is 6.83. The SMILES string of the molecule is OCCCN1CCN(CCOC(c2ccccc2)c2ccccc2)CC1. The first-order chi connectivity index (χ1) is 12.9. The average Bonchev–Trinajstić information content (AvgIpc) is 2.72. The molecule has 0 aliphatic carbocycles. The number of hydrogen-bond acceptors (Lipinski definition) is 4. The van der Waals surface area contributed by atoms with Crippen LogP contribution in [-0.4, -0.2) is 67.4 Å². The third kappa shape index (κ3) is 5.64. The molecule has 4 heteroatoms. The van der Waals surface area contributed by atoms with Crippen molar-refractivity contribution in [1.29, 1.82) is 0 Å². The van der Waals surface area contributed by atoms with E-state index in [-0.39, 0.29) is 12.7 Å². The summed E-state index contributed by atoms with van der Waals surface area (Å²) in [5.74, 6) is 0. The van der Waals surface area contributed by atoms with Gasteiger partial charge in [0.25, 0.3) is 0 Å². The van der Waals surface area contributed by atoms with Gasteiger partial charge in [-0.2, -0.15) is 0 Å². The summed E-state index contributed by atoms with van der Waals surface area (Å²) in [6.07, 6.45) is 0.863. The van der Waals surface area contributed by atoms with E-state index in [0.717, 1.165) is 52.3 Å². The number of piperazine rings is 1. The Kier molecular flexibility index (Phi) is 7.65. The van der Waals surface area contributed by atoms with Crippen molar-refractivity contribution in [3.05, 3.63) is 71.8 Å². The number of nitrogens with zero attached hydrogens (tertiary/aromatic N) is 2. The van der Waals surface area contributed by atoms with Crippen molar-refractivity contribution in [1.82, 2.24) is 9.80 Å². The molecule has 2 aromatic carbocycles. The molecule has 0 amide bonds. The molecule has 0 radical (unpaired) electrons. The van der Waals surface area contributed by atoms with Gasteiger partial charge in [-0.15, -0.1) is 0 Å². The van der Waals surface area contributed by atoms with Crippen LogP contribution in [0.4, 0.5) is 0 Å². The minimum atomic E-state index is -0.0109. The predicted molar refractivity (Wildman–Crippen MR) is 105 cm³/mol. The highest BCUT2D eigenvalue weighted by Gasteiger charge is 2.18. The molecular weight excluding hydrogens is 324 g/mol. The standard InChI is InChI=1S/C22H30N2O2/c25-18-7-12-23-13-15-24(16-14-23)17-19-26-22(20-8-3-1-4-9-20)21-10-5-2-6-11-21/h1-6,8-11,22,25H,7,12-19H2. The zero-order valence-corrected chi connectivity index (χ0v) is 15.5. The van der Waals surface area contributed by atoms with Crippen LogP contribution in [0.15, 0.2) is 60.7 Å². The number of aliphatic hydroxyl groups is 1. The van der Waals surface area contributed by atoms with Gasteiger partial charge in [0.05, 0.1) is 6.61 Å². The van der Waals surface area contributed by atoms with E-state index in [2.05, 4.69) is 58.3 Å². The largest absolute Gasteiger partial charge is 0.396 e. The van der Waals surface area contributed by atoms with E-state index in [4.69, 9.17) is 9.84 Å². The quantitative estimate of drug-likeness (QED) is 0.751. The molecule has 0 atom stereocenters. The monoisotopic (exact) mass is 354 g/mol. The number of benzene rings is 2. The summed E-state index contributed by atoms with van der Waals surface area (Å²) in [5.41, 5.74) is 2.40. The lowest BCUT2D eigenvalue weighted by molar-refractivity contribution is 0.0445. The van der Waals surface area contributed by atoms with E-state index >= 15 is 0 Å². The number of rotatable bonds is 9. The van der Waals surface area contributed by atoms with Gasteiger partial charge in [-0.3, -0.25) is 4.90 Å². The van der Waals surface area contributed by atoms with Gasteiger partial charge in [-0.05, 0) is 17.5 Å². The Hall–Kier alpha value is -1.72. The molecular formula is C22H30N2O2. The van der Waals surface area contributed by atoms with Crippen molar-refractivity contribution in [2.75, 3.05) is 52.5 Å². The van der Waals surface area contributed by atoms with E-state index in [1.165, 1.54) is 11.1 Å². The molecule has 1 aliphatic heterocycles. The lowest BCUT2D eigenvalue weighted by Crippen LogP contribution is -2.47. The first kappa shape index (κ1) is 19.1. The Bertz CT molecular complexity index is 573. The fourth-order valence-corrected chi connectivity index (χ4v) is 3.47. The molecule has 1 saturated heterocycles. The fourth-order valence-electron chi connectivity index (χ4n) is 3.47. The van der Waals surface area contributed by atoms with Crippen LogP contribution in [0, 0.1) is 0 Å². The summed E-state index contributed by atoms with van der Waals surface area (Å²) in [6.45, 7) is 7.31. The molecule has 1 fully saturated rings. The predicted octanol–water partition coefficient (Wildman–Crippen LogP) is 2.79. The first-order valence-electron chi connectivity index (χ1n) is 9.64. The van der Waals surface area contributed by atoms with E-state index in [0.29, 0.717) is 0 Å². The molecule has 0 spiro atoms. The minimum absolute atomic E-state index is 0.0109. The van der Waals surface area contributed by atoms with Crippen molar-refractivity contribution >= 4 is 0 Å². The summed E-state index contributed by atoms with van der Waals surface area (Å²) >= 11 is 0. The maximum atomic E-state index is 8.95. The van der Waals surface area contributed by atoms with Gasteiger partial charge < -0.3 is 14.7 Å². The molecule has 4 nitrogen and oxygen atoms in total.